The summed E-state index contributed by atoms with van der Waals surface area (Å²) in [5.74, 6) is 0.741. The van der Waals surface area contributed by atoms with Crippen LogP contribution in [0.1, 0.15) is 67.2 Å². The Morgan fingerprint density at radius 3 is 2.46 bits per heavy atom. The van der Waals surface area contributed by atoms with Gasteiger partial charge in [-0.1, -0.05) is 60.4 Å². The first-order valence-electron chi connectivity index (χ1n) is 17.1. The molecule has 11 heteroatoms. The number of benzene rings is 3. The quantitative estimate of drug-likeness (QED) is 0.129. The minimum atomic E-state index is -1.36. The minimum Gasteiger partial charge on any atom is -0.488 e. The number of fused-ring (bicyclic) bond motifs is 2. The van der Waals surface area contributed by atoms with Crippen molar-refractivity contribution < 1.29 is 37.4 Å². The molecule has 2 amide bonds. The fourth-order valence-electron chi connectivity index (χ4n) is 6.98. The molecule has 1 aliphatic carbocycles. The number of carboxylic acids is 1. The molecular weight excluding hydrogens is 647 g/mol. The number of carbonyl (C=O) groups is 3. The van der Waals surface area contributed by atoms with Crippen LogP contribution in [0, 0.1) is 36.2 Å². The Labute approximate surface area is 289 Å². The van der Waals surface area contributed by atoms with Crippen LogP contribution in [-0.4, -0.2) is 64.0 Å². The highest BCUT2D eigenvalue weighted by molar-refractivity contribution is 5.90. The molecule has 262 valence electrons. The van der Waals surface area contributed by atoms with E-state index < -0.39 is 40.8 Å². The van der Waals surface area contributed by atoms with Crippen LogP contribution < -0.4 is 10.1 Å². The number of amides is 2. The molecule has 1 unspecified atom stereocenters. The third kappa shape index (κ3) is 7.50. The molecule has 8 nitrogen and oxygen atoms in total. The van der Waals surface area contributed by atoms with Crippen molar-refractivity contribution in [1.29, 1.82) is 0 Å². The number of hydrogen-bond acceptors (Lipinski definition) is 5. The van der Waals surface area contributed by atoms with Crippen molar-refractivity contribution in [3.63, 3.8) is 0 Å². The van der Waals surface area contributed by atoms with E-state index in [0.29, 0.717) is 25.5 Å². The highest BCUT2D eigenvalue weighted by atomic mass is 19.2. The number of aryl methyl sites for hydroxylation is 2. The van der Waals surface area contributed by atoms with E-state index in [1.807, 2.05) is 60.4 Å². The van der Waals surface area contributed by atoms with Crippen LogP contribution in [0.4, 0.5) is 13.2 Å². The van der Waals surface area contributed by atoms with Crippen LogP contribution >= 0.6 is 0 Å². The number of ether oxygens (including phenoxy) is 1. The molecule has 3 atom stereocenters. The summed E-state index contributed by atoms with van der Waals surface area (Å²) >= 11 is 0. The lowest BCUT2D eigenvalue weighted by Gasteiger charge is -2.53. The molecule has 1 saturated heterocycles. The van der Waals surface area contributed by atoms with Gasteiger partial charge in [-0.15, -0.1) is 0 Å². The van der Waals surface area contributed by atoms with Gasteiger partial charge in [0.15, 0.2) is 17.4 Å². The first-order chi connectivity index (χ1) is 24.1. The number of nitrogens with one attached hydrogen (secondary N) is 1. The Morgan fingerprint density at radius 1 is 1.00 bits per heavy atom. The number of nitrogens with zero attached hydrogens (tertiary/aromatic N) is 2. The monoisotopic (exact) mass is 687 g/mol. The summed E-state index contributed by atoms with van der Waals surface area (Å²) in [6.07, 6.45) is 2.94. The Morgan fingerprint density at radius 2 is 1.74 bits per heavy atom. The predicted molar refractivity (Wildman–Crippen MR) is 179 cm³/mol. The third-order valence-electron chi connectivity index (χ3n) is 9.77. The molecule has 50 heavy (non-hydrogen) atoms. The summed E-state index contributed by atoms with van der Waals surface area (Å²) in [5, 5.41) is 12.8. The molecule has 0 spiro atoms. The van der Waals surface area contributed by atoms with Gasteiger partial charge >= 0.3 is 5.97 Å². The Bertz CT molecular complexity index is 1820. The van der Waals surface area contributed by atoms with Gasteiger partial charge in [0.1, 0.15) is 6.04 Å². The van der Waals surface area contributed by atoms with E-state index in [4.69, 9.17) is 4.74 Å². The fraction of sp³-hybridized carbons (Fsp3) is 0.410. The van der Waals surface area contributed by atoms with Gasteiger partial charge in [0.25, 0.3) is 0 Å². The van der Waals surface area contributed by atoms with Gasteiger partial charge in [-0.2, -0.15) is 4.39 Å². The summed E-state index contributed by atoms with van der Waals surface area (Å²) in [4.78, 5) is 43.6. The van der Waals surface area contributed by atoms with Crippen LogP contribution in [0.15, 0.2) is 60.7 Å². The molecule has 0 radical (unpaired) electrons. The summed E-state index contributed by atoms with van der Waals surface area (Å²) in [6.45, 7) is 2.59. The zero-order valence-electron chi connectivity index (χ0n) is 27.9. The maximum Gasteiger partial charge on any atom is 0.303 e. The van der Waals surface area contributed by atoms with Gasteiger partial charge in [-0.25, -0.2) is 8.78 Å². The van der Waals surface area contributed by atoms with Crippen LogP contribution in [0.2, 0.25) is 0 Å². The second kappa shape index (κ2) is 15.0. The second-order valence-electron chi connectivity index (χ2n) is 13.3. The van der Waals surface area contributed by atoms with Crippen LogP contribution in [0.3, 0.4) is 0 Å². The molecule has 0 aromatic heterocycles. The maximum atomic E-state index is 15.0. The van der Waals surface area contributed by atoms with Crippen molar-refractivity contribution in [3.05, 3.63) is 100 Å². The Hall–Kier alpha value is -4.82. The molecule has 2 N–H and O–H groups in total. The lowest BCUT2D eigenvalue weighted by Crippen LogP contribution is -2.73. The molecule has 1 saturated carbocycles. The van der Waals surface area contributed by atoms with Gasteiger partial charge in [0, 0.05) is 38.4 Å². The molecule has 2 fully saturated rings. The molecule has 6 rings (SSSR count). The molecule has 2 bridgehead atoms. The van der Waals surface area contributed by atoms with Gasteiger partial charge < -0.3 is 19.6 Å². The van der Waals surface area contributed by atoms with E-state index in [1.54, 1.807) is 4.90 Å². The summed E-state index contributed by atoms with van der Waals surface area (Å²) in [6, 6.07) is 15.9. The molecular formula is C39H40F3N3O5. The smallest absolute Gasteiger partial charge is 0.303 e. The largest absolute Gasteiger partial charge is 0.488 e. The normalized spacial score (nSPS) is 20.8. The first kappa shape index (κ1) is 35.0. The van der Waals surface area contributed by atoms with E-state index in [2.05, 4.69) is 17.2 Å². The SMILES string of the molecule is Cc1ccccc1CN(C(=O)C1N(C(=O)CCCC(=O)O)C[C@@H]2C#CC[C@]1(c1ccc(CCCOc3c(F)ccc(F)c3F)cc1)N2)C1CC1. The van der Waals surface area contributed by atoms with Gasteiger partial charge in [0.2, 0.25) is 17.6 Å². The van der Waals surface area contributed by atoms with E-state index in [0.717, 1.165) is 41.2 Å². The average molecular weight is 688 g/mol. The van der Waals surface area contributed by atoms with Crippen LogP contribution in [-0.2, 0) is 32.9 Å². The lowest BCUT2D eigenvalue weighted by atomic mass is 9.73. The molecule has 3 aromatic carbocycles. The Kier molecular flexibility index (Phi) is 10.5. The van der Waals surface area contributed by atoms with Crippen molar-refractivity contribution in [2.24, 2.45) is 0 Å². The molecule has 3 aliphatic rings. The number of rotatable bonds is 14. The van der Waals surface area contributed by atoms with Crippen molar-refractivity contribution in [2.75, 3.05) is 13.2 Å². The van der Waals surface area contributed by atoms with Crippen molar-refractivity contribution in [3.8, 4) is 17.6 Å². The highest BCUT2D eigenvalue weighted by Gasteiger charge is 2.56. The maximum absolute atomic E-state index is 15.0. The number of aliphatic carboxylic acids is 1. The summed E-state index contributed by atoms with van der Waals surface area (Å²) < 4.78 is 46.7. The third-order valence-corrected chi connectivity index (χ3v) is 9.77. The van der Waals surface area contributed by atoms with Crippen molar-refractivity contribution in [1.82, 2.24) is 15.1 Å². The molecule has 3 aromatic rings. The van der Waals surface area contributed by atoms with E-state index >= 15 is 0 Å². The van der Waals surface area contributed by atoms with Gasteiger partial charge in [-0.05, 0) is 73.4 Å². The topological polar surface area (TPSA) is 99.2 Å². The average Bonchev–Trinajstić information content (AvgIpc) is 3.94. The number of hydrogen-bond donors (Lipinski definition) is 2. The number of carbonyl (C=O) groups excluding carboxylic acids is 2. The first-order valence-corrected chi connectivity index (χ1v) is 17.1. The van der Waals surface area contributed by atoms with E-state index in [9.17, 15) is 32.7 Å². The zero-order valence-corrected chi connectivity index (χ0v) is 27.9. The van der Waals surface area contributed by atoms with Crippen LogP contribution in [0.5, 0.6) is 5.75 Å². The van der Waals surface area contributed by atoms with E-state index in [-0.39, 0.29) is 62.7 Å². The fourth-order valence-corrected chi connectivity index (χ4v) is 6.98. The van der Waals surface area contributed by atoms with Crippen molar-refractivity contribution in [2.45, 2.75) is 88.5 Å². The highest BCUT2D eigenvalue weighted by Crippen LogP contribution is 2.41. The van der Waals surface area contributed by atoms with Gasteiger partial charge in [-0.3, -0.25) is 19.7 Å². The second-order valence-corrected chi connectivity index (χ2v) is 13.3. The minimum absolute atomic E-state index is 0.00202. The molecule has 2 aliphatic heterocycles. The standard InChI is InChI=1S/C39H40F3N3O5/c1-25-7-2-3-9-27(25)23-44(30-17-18-30)38(49)37-39(21-5-10-29(43-39)24-45(37)33(46)11-4-12-34(47)48)28-15-13-26(14-16-28)8-6-22-50-36-32(41)20-19-31(40)35(36)42/h2-3,7,9,13-16,19-20,29-30,37,43H,4,6,8,11-12,17-18,21-24H2,1H3,(H,47,48)/t29-,37?,39+/m0/s1. The lowest BCUT2D eigenvalue weighted by molar-refractivity contribution is -0.155. The summed E-state index contributed by atoms with van der Waals surface area (Å²) in [7, 11) is 0. The van der Waals surface area contributed by atoms with Gasteiger partial charge in [0.05, 0.1) is 18.2 Å². The molecule has 2 heterocycles. The predicted octanol–water partition coefficient (Wildman–Crippen LogP) is 5.64. The number of piperazine rings is 1. The summed E-state index contributed by atoms with van der Waals surface area (Å²) in [5.41, 5.74) is 2.77. The number of halogens is 3. The number of carboxylic acid groups (broad SMARTS) is 1. The zero-order chi connectivity index (χ0) is 35.4. The Balaban J connectivity index is 1.27. The van der Waals surface area contributed by atoms with E-state index in [1.165, 1.54) is 0 Å². The van der Waals surface area contributed by atoms with Crippen molar-refractivity contribution >= 4 is 17.8 Å². The van der Waals surface area contributed by atoms with Crippen LogP contribution in [0.25, 0.3) is 0 Å².